The number of alkyl halides is 3. The highest BCUT2D eigenvalue weighted by Gasteiger charge is 2.31. The Bertz CT molecular complexity index is 1050. The van der Waals surface area contributed by atoms with Gasteiger partial charge in [-0.25, -0.2) is 4.68 Å². The van der Waals surface area contributed by atoms with Crippen LogP contribution < -0.4 is 15.6 Å². The highest BCUT2D eigenvalue weighted by molar-refractivity contribution is 5.77. The molecule has 146 valence electrons. The van der Waals surface area contributed by atoms with Gasteiger partial charge in [0.15, 0.2) is 0 Å². The molecule has 0 saturated carbocycles. The number of ether oxygens (including phenoxy) is 1. The predicted molar refractivity (Wildman–Crippen MR) is 93.4 cm³/mol. The summed E-state index contributed by atoms with van der Waals surface area (Å²) in [5.41, 5.74) is 0.257. The van der Waals surface area contributed by atoms with Crippen LogP contribution in [0.4, 0.5) is 13.2 Å². The Hall–Kier alpha value is -3.43. The van der Waals surface area contributed by atoms with Crippen molar-refractivity contribution in [2.75, 3.05) is 0 Å². The van der Waals surface area contributed by atoms with Crippen LogP contribution in [-0.4, -0.2) is 27.3 Å². The van der Waals surface area contributed by atoms with Gasteiger partial charge in [0.1, 0.15) is 11.3 Å². The zero-order chi connectivity index (χ0) is 20.1. The second-order valence-corrected chi connectivity index (χ2v) is 5.82. The van der Waals surface area contributed by atoms with Crippen molar-refractivity contribution in [1.29, 1.82) is 0 Å². The van der Waals surface area contributed by atoms with Crippen LogP contribution in [0.1, 0.15) is 12.0 Å². The molecule has 0 fully saturated rings. The molecule has 7 nitrogen and oxygen atoms in total. The third kappa shape index (κ3) is 4.84. The summed E-state index contributed by atoms with van der Waals surface area (Å²) < 4.78 is 42.3. The van der Waals surface area contributed by atoms with E-state index in [4.69, 9.17) is 0 Å². The molecule has 0 saturated heterocycles. The van der Waals surface area contributed by atoms with Crippen molar-refractivity contribution in [2.24, 2.45) is 0 Å². The number of fused-ring (bicyclic) bond motifs is 1. The second-order valence-electron chi connectivity index (χ2n) is 5.82. The van der Waals surface area contributed by atoms with Gasteiger partial charge in [-0.05, 0) is 18.2 Å². The Balaban J connectivity index is 1.60. The number of carbonyl (C=O) groups is 1. The normalized spacial score (nSPS) is 11.4. The van der Waals surface area contributed by atoms with E-state index in [2.05, 4.69) is 20.4 Å². The maximum absolute atomic E-state index is 12.4. The van der Waals surface area contributed by atoms with Gasteiger partial charge in [0.2, 0.25) is 5.91 Å². The van der Waals surface area contributed by atoms with Crippen molar-refractivity contribution in [2.45, 2.75) is 25.9 Å². The number of aryl methyl sites for hydroxylation is 1. The summed E-state index contributed by atoms with van der Waals surface area (Å²) in [6, 6.07) is 12.2. The Labute approximate surface area is 156 Å². The first-order valence-electron chi connectivity index (χ1n) is 8.26. The molecule has 0 radical (unpaired) electrons. The fourth-order valence-corrected chi connectivity index (χ4v) is 2.53. The van der Waals surface area contributed by atoms with Crippen molar-refractivity contribution in [3.05, 3.63) is 64.4 Å². The maximum atomic E-state index is 12.4. The molecular weight excluding hydrogens is 377 g/mol. The number of hydrogen-bond donors (Lipinski definition) is 1. The minimum Gasteiger partial charge on any atom is -0.405 e. The topological polar surface area (TPSA) is 86.1 Å². The van der Waals surface area contributed by atoms with Crippen LogP contribution in [0, 0.1) is 0 Å². The van der Waals surface area contributed by atoms with E-state index in [0.717, 1.165) is 4.68 Å². The Kier molecular flexibility index (Phi) is 5.57. The summed E-state index contributed by atoms with van der Waals surface area (Å²) in [5, 5.41) is 10.6. The highest BCUT2D eigenvalue weighted by atomic mass is 19.4. The van der Waals surface area contributed by atoms with Crippen molar-refractivity contribution >= 4 is 16.8 Å². The van der Waals surface area contributed by atoms with Crippen LogP contribution in [0.3, 0.4) is 0 Å². The summed E-state index contributed by atoms with van der Waals surface area (Å²) in [4.78, 5) is 24.3. The van der Waals surface area contributed by atoms with Crippen molar-refractivity contribution in [3.8, 4) is 5.75 Å². The lowest BCUT2D eigenvalue weighted by Crippen LogP contribution is -2.29. The molecule has 1 heterocycles. The fraction of sp³-hybridized carbons (Fsp3) is 0.222. The summed E-state index contributed by atoms with van der Waals surface area (Å²) in [6.07, 6.45) is -4.91. The zero-order valence-corrected chi connectivity index (χ0v) is 14.4. The number of carbonyl (C=O) groups excluding carboxylic acids is 1. The lowest BCUT2D eigenvalue weighted by Gasteiger charge is -2.13. The molecule has 28 heavy (non-hydrogen) atoms. The lowest BCUT2D eigenvalue weighted by atomic mass is 10.2. The van der Waals surface area contributed by atoms with Gasteiger partial charge in [0.25, 0.3) is 5.56 Å². The summed E-state index contributed by atoms with van der Waals surface area (Å²) >= 11 is 0. The van der Waals surface area contributed by atoms with E-state index >= 15 is 0 Å². The van der Waals surface area contributed by atoms with Crippen LogP contribution in [0.15, 0.2) is 53.3 Å². The Morgan fingerprint density at radius 2 is 1.82 bits per heavy atom. The van der Waals surface area contributed by atoms with Gasteiger partial charge in [0, 0.05) is 18.5 Å². The van der Waals surface area contributed by atoms with E-state index < -0.39 is 12.3 Å². The number of rotatable bonds is 6. The summed E-state index contributed by atoms with van der Waals surface area (Å²) in [5.74, 6) is -0.837. The monoisotopic (exact) mass is 392 g/mol. The van der Waals surface area contributed by atoms with E-state index in [1.165, 1.54) is 24.3 Å². The first-order valence-corrected chi connectivity index (χ1v) is 8.26. The van der Waals surface area contributed by atoms with Crippen molar-refractivity contribution in [3.63, 3.8) is 0 Å². The minimum atomic E-state index is -4.82. The standard InChI is InChI=1S/C18H15F3N4O3/c19-18(20,21)28-15-8-4-1-5-12(15)11-22-16(26)9-10-25-17(27)13-6-2-3-7-14(13)23-24-25/h1-8H,9-11H2,(H,22,26). The third-order valence-electron chi connectivity index (χ3n) is 3.85. The SMILES string of the molecule is O=C(CCn1nnc2ccccc2c1=O)NCc1ccccc1OC(F)(F)F. The van der Waals surface area contributed by atoms with Crippen molar-refractivity contribution < 1.29 is 22.7 Å². The summed E-state index contributed by atoms with van der Waals surface area (Å²) in [7, 11) is 0. The first-order chi connectivity index (χ1) is 13.3. The second kappa shape index (κ2) is 8.07. The van der Waals surface area contributed by atoms with Gasteiger partial charge >= 0.3 is 6.36 Å². The molecule has 3 rings (SSSR count). The predicted octanol–water partition coefficient (Wildman–Crippen LogP) is 2.40. The van der Waals surface area contributed by atoms with E-state index in [-0.39, 0.29) is 36.4 Å². The molecular formula is C18H15F3N4O3. The number of para-hydroxylation sites is 1. The Morgan fingerprint density at radius 1 is 1.11 bits per heavy atom. The number of nitrogens with one attached hydrogen (secondary N) is 1. The molecule has 10 heteroatoms. The number of halogens is 3. The van der Waals surface area contributed by atoms with Crippen molar-refractivity contribution in [1.82, 2.24) is 20.3 Å². The molecule has 3 aromatic rings. The molecule has 0 bridgehead atoms. The van der Waals surface area contributed by atoms with Gasteiger partial charge < -0.3 is 10.1 Å². The van der Waals surface area contributed by atoms with Gasteiger partial charge in [0.05, 0.1) is 11.9 Å². The number of amides is 1. The first kappa shape index (κ1) is 19.3. The highest BCUT2D eigenvalue weighted by Crippen LogP contribution is 2.26. The van der Waals surface area contributed by atoms with Crippen LogP contribution in [0.2, 0.25) is 0 Å². The average molecular weight is 392 g/mol. The number of nitrogens with zero attached hydrogens (tertiary/aromatic N) is 3. The van der Waals surface area contributed by atoms with E-state index in [1.807, 2.05) is 0 Å². The number of benzene rings is 2. The smallest absolute Gasteiger partial charge is 0.405 e. The molecule has 0 aliphatic rings. The molecule has 1 N–H and O–H groups in total. The average Bonchev–Trinajstić information content (AvgIpc) is 2.66. The zero-order valence-electron chi connectivity index (χ0n) is 14.4. The van der Waals surface area contributed by atoms with Crippen LogP contribution in [0.25, 0.3) is 10.9 Å². The number of hydrogen-bond acceptors (Lipinski definition) is 5. The molecule has 0 atom stereocenters. The summed E-state index contributed by atoms with van der Waals surface area (Å²) in [6.45, 7) is -0.160. The van der Waals surface area contributed by atoms with Crippen LogP contribution >= 0.6 is 0 Å². The molecule has 0 aliphatic carbocycles. The molecule has 1 aromatic heterocycles. The van der Waals surface area contributed by atoms with Gasteiger partial charge in [-0.2, -0.15) is 0 Å². The Morgan fingerprint density at radius 3 is 2.61 bits per heavy atom. The number of aromatic nitrogens is 3. The molecule has 0 spiro atoms. The molecule has 0 aliphatic heterocycles. The van der Waals surface area contributed by atoms with Crippen LogP contribution in [-0.2, 0) is 17.9 Å². The van der Waals surface area contributed by atoms with Crippen LogP contribution in [0.5, 0.6) is 5.75 Å². The van der Waals surface area contributed by atoms with E-state index in [0.29, 0.717) is 10.9 Å². The maximum Gasteiger partial charge on any atom is 0.573 e. The van der Waals surface area contributed by atoms with Gasteiger partial charge in [-0.1, -0.05) is 35.5 Å². The van der Waals surface area contributed by atoms with Gasteiger partial charge in [-0.3, -0.25) is 9.59 Å². The van der Waals surface area contributed by atoms with E-state index in [9.17, 15) is 22.8 Å². The quantitative estimate of drug-likeness (QED) is 0.696. The van der Waals surface area contributed by atoms with E-state index in [1.54, 1.807) is 24.3 Å². The minimum absolute atomic E-state index is 0.0107. The molecule has 0 unspecified atom stereocenters. The van der Waals surface area contributed by atoms with Gasteiger partial charge in [-0.15, -0.1) is 18.3 Å². The molecule has 2 aromatic carbocycles. The largest absolute Gasteiger partial charge is 0.573 e. The third-order valence-corrected chi connectivity index (χ3v) is 3.85. The fourth-order valence-electron chi connectivity index (χ4n) is 2.53. The lowest BCUT2D eigenvalue weighted by molar-refractivity contribution is -0.274. The molecule has 1 amide bonds.